The van der Waals surface area contributed by atoms with Gasteiger partial charge in [-0.3, -0.25) is 0 Å². The van der Waals surface area contributed by atoms with E-state index in [-0.39, 0.29) is 24.3 Å². The molecular weight excluding hydrogens is 232 g/mol. The summed E-state index contributed by atoms with van der Waals surface area (Å²) in [6.45, 7) is 0.463. The van der Waals surface area contributed by atoms with Crippen LogP contribution in [0.1, 0.15) is 33.6 Å². The predicted molar refractivity (Wildman–Crippen MR) is 64.0 cm³/mol. The Balaban J connectivity index is 2.29. The largest absolute Gasteiger partial charge is 0.461 e. The molecule has 18 heavy (non-hydrogen) atoms. The highest BCUT2D eigenvalue weighted by molar-refractivity contribution is 6.03. The van der Waals surface area contributed by atoms with Gasteiger partial charge in [-0.25, -0.2) is 9.59 Å². The number of rotatable bonds is 0. The van der Waals surface area contributed by atoms with Crippen LogP contribution in [0.4, 0.5) is 0 Å². The van der Waals surface area contributed by atoms with Crippen LogP contribution in [0, 0.1) is 11.8 Å². The first-order chi connectivity index (χ1) is 8.79. The molecule has 0 aliphatic carbocycles. The van der Waals surface area contributed by atoms with Crippen LogP contribution in [0.15, 0.2) is 24.3 Å². The van der Waals surface area contributed by atoms with Crippen molar-refractivity contribution in [2.24, 2.45) is 0 Å². The second-order valence-electron chi connectivity index (χ2n) is 3.67. The third kappa shape index (κ3) is 2.89. The maximum atomic E-state index is 11.8. The Labute approximate surface area is 105 Å². The molecule has 1 heterocycles. The first kappa shape index (κ1) is 12.2. The molecule has 1 aromatic rings. The van der Waals surface area contributed by atoms with Crippen molar-refractivity contribution in [3.05, 3.63) is 35.4 Å². The van der Waals surface area contributed by atoms with Gasteiger partial charge in [0.05, 0.1) is 11.1 Å². The van der Waals surface area contributed by atoms with E-state index in [4.69, 9.17) is 9.47 Å². The zero-order valence-electron chi connectivity index (χ0n) is 9.77. The Bertz CT molecular complexity index is 477. The van der Waals surface area contributed by atoms with Gasteiger partial charge in [0.1, 0.15) is 13.2 Å². The van der Waals surface area contributed by atoms with Crippen LogP contribution in [0.25, 0.3) is 0 Å². The lowest BCUT2D eigenvalue weighted by molar-refractivity contribution is 0.0464. The third-order valence-electron chi connectivity index (χ3n) is 2.41. The summed E-state index contributed by atoms with van der Waals surface area (Å²) in [5.74, 6) is 4.64. The predicted octanol–water partition coefficient (Wildman–Crippen LogP) is 1.80. The van der Waals surface area contributed by atoms with Gasteiger partial charge >= 0.3 is 11.9 Å². The van der Waals surface area contributed by atoms with E-state index in [1.54, 1.807) is 24.3 Å². The maximum Gasteiger partial charge on any atom is 0.339 e. The molecule has 1 aromatic carbocycles. The summed E-state index contributed by atoms with van der Waals surface area (Å²) in [5, 5.41) is 0. The number of benzene rings is 1. The molecule has 0 bridgehead atoms. The normalized spacial score (nSPS) is 16.0. The van der Waals surface area contributed by atoms with Crippen LogP contribution in [0.3, 0.4) is 0 Å². The van der Waals surface area contributed by atoms with Crippen molar-refractivity contribution in [1.82, 2.24) is 0 Å². The average molecular weight is 244 g/mol. The van der Waals surface area contributed by atoms with Gasteiger partial charge in [0.2, 0.25) is 0 Å². The lowest BCUT2D eigenvalue weighted by Gasteiger charge is -2.09. The first-order valence-corrected chi connectivity index (χ1v) is 5.68. The van der Waals surface area contributed by atoms with E-state index < -0.39 is 11.9 Å². The number of ether oxygens (including phenoxy) is 2. The summed E-state index contributed by atoms with van der Waals surface area (Å²) in [6, 6.07) is 6.46. The molecule has 0 atom stereocenters. The molecular formula is C14H12O4. The van der Waals surface area contributed by atoms with E-state index in [1.165, 1.54) is 0 Å². The number of hydrogen-bond donors (Lipinski definition) is 0. The monoisotopic (exact) mass is 244 g/mol. The fourth-order valence-corrected chi connectivity index (χ4v) is 1.56. The summed E-state index contributed by atoms with van der Waals surface area (Å²) in [7, 11) is 0. The Morgan fingerprint density at radius 3 is 1.72 bits per heavy atom. The molecule has 0 amide bonds. The van der Waals surface area contributed by atoms with E-state index in [9.17, 15) is 9.59 Å². The third-order valence-corrected chi connectivity index (χ3v) is 2.41. The average Bonchev–Trinajstić information content (AvgIpc) is 2.40. The quantitative estimate of drug-likeness (QED) is 0.516. The number of cyclic esters (lactones) is 2. The summed E-state index contributed by atoms with van der Waals surface area (Å²) in [4.78, 5) is 23.6. The molecule has 0 N–H and O–H groups in total. The summed E-state index contributed by atoms with van der Waals surface area (Å²) >= 11 is 0. The molecule has 1 aliphatic rings. The van der Waals surface area contributed by atoms with Crippen LogP contribution in [-0.4, -0.2) is 25.2 Å². The molecule has 0 saturated carbocycles. The molecule has 4 nitrogen and oxygen atoms in total. The number of hydrogen-bond acceptors (Lipinski definition) is 4. The van der Waals surface area contributed by atoms with Gasteiger partial charge in [0.15, 0.2) is 0 Å². The SMILES string of the molecule is O=C1OCCC#CCCOC(=O)c2ccccc21. The van der Waals surface area contributed by atoms with Crippen molar-refractivity contribution in [2.75, 3.05) is 13.2 Å². The van der Waals surface area contributed by atoms with Crippen LogP contribution in [0.2, 0.25) is 0 Å². The van der Waals surface area contributed by atoms with Crippen LogP contribution < -0.4 is 0 Å². The summed E-state index contributed by atoms with van der Waals surface area (Å²) < 4.78 is 10.1. The van der Waals surface area contributed by atoms with Crippen molar-refractivity contribution in [3.63, 3.8) is 0 Å². The van der Waals surface area contributed by atoms with Gasteiger partial charge in [-0.15, -0.1) is 0 Å². The van der Waals surface area contributed by atoms with Crippen LogP contribution in [0.5, 0.6) is 0 Å². The molecule has 0 fully saturated rings. The number of carbonyl (C=O) groups excluding carboxylic acids is 2. The van der Waals surface area contributed by atoms with Crippen molar-refractivity contribution < 1.29 is 19.1 Å². The Morgan fingerprint density at radius 2 is 1.28 bits per heavy atom. The molecule has 0 unspecified atom stereocenters. The van der Waals surface area contributed by atoms with Crippen molar-refractivity contribution in [2.45, 2.75) is 12.8 Å². The number of esters is 2. The van der Waals surface area contributed by atoms with E-state index >= 15 is 0 Å². The number of carbonyl (C=O) groups is 2. The lowest BCUT2D eigenvalue weighted by atomic mass is 10.1. The fourth-order valence-electron chi connectivity index (χ4n) is 1.56. The standard InChI is InChI=1S/C14H12O4/c15-13-11-7-3-4-8-12(11)14(16)18-10-6-2-1-5-9-17-13/h3-4,7-8H,5-6,9-10H2. The molecule has 92 valence electrons. The highest BCUT2D eigenvalue weighted by atomic mass is 16.5. The highest BCUT2D eigenvalue weighted by Gasteiger charge is 2.18. The maximum absolute atomic E-state index is 11.8. The lowest BCUT2D eigenvalue weighted by Crippen LogP contribution is -2.15. The van der Waals surface area contributed by atoms with E-state index in [1.807, 2.05) is 0 Å². The summed E-state index contributed by atoms with van der Waals surface area (Å²) in [6.07, 6.45) is 0.976. The van der Waals surface area contributed by atoms with Crippen LogP contribution in [-0.2, 0) is 9.47 Å². The Kier molecular flexibility index (Phi) is 3.98. The minimum Gasteiger partial charge on any atom is -0.461 e. The number of fused-ring (bicyclic) bond motifs is 1. The molecule has 0 aromatic heterocycles. The Morgan fingerprint density at radius 1 is 0.833 bits per heavy atom. The second-order valence-corrected chi connectivity index (χ2v) is 3.67. The second kappa shape index (κ2) is 5.87. The Hall–Kier alpha value is -2.28. The van der Waals surface area contributed by atoms with Gasteiger partial charge in [-0.2, -0.15) is 0 Å². The first-order valence-electron chi connectivity index (χ1n) is 5.68. The van der Waals surface area contributed by atoms with E-state index in [2.05, 4.69) is 11.8 Å². The van der Waals surface area contributed by atoms with E-state index in [0.29, 0.717) is 12.8 Å². The van der Waals surface area contributed by atoms with Crippen molar-refractivity contribution >= 4 is 11.9 Å². The summed E-state index contributed by atoms with van der Waals surface area (Å²) in [5.41, 5.74) is 0.465. The molecule has 0 saturated heterocycles. The van der Waals surface area contributed by atoms with Gasteiger partial charge in [-0.1, -0.05) is 24.0 Å². The highest BCUT2D eigenvalue weighted by Crippen LogP contribution is 2.12. The zero-order chi connectivity index (χ0) is 12.8. The molecule has 2 rings (SSSR count). The van der Waals surface area contributed by atoms with Gasteiger partial charge in [0.25, 0.3) is 0 Å². The molecule has 4 heteroatoms. The minimum absolute atomic E-state index is 0.231. The molecule has 1 aliphatic heterocycles. The smallest absolute Gasteiger partial charge is 0.339 e. The fraction of sp³-hybridized carbons (Fsp3) is 0.286. The molecule has 0 spiro atoms. The van der Waals surface area contributed by atoms with Crippen molar-refractivity contribution in [3.8, 4) is 11.8 Å². The van der Waals surface area contributed by atoms with Gasteiger partial charge < -0.3 is 9.47 Å². The van der Waals surface area contributed by atoms with Gasteiger partial charge in [0, 0.05) is 12.8 Å². The van der Waals surface area contributed by atoms with Crippen molar-refractivity contribution in [1.29, 1.82) is 0 Å². The zero-order valence-corrected chi connectivity index (χ0v) is 9.77. The minimum atomic E-state index is -0.523. The topological polar surface area (TPSA) is 52.6 Å². The van der Waals surface area contributed by atoms with E-state index in [0.717, 1.165) is 0 Å². The van der Waals surface area contributed by atoms with Gasteiger partial charge in [-0.05, 0) is 12.1 Å². The van der Waals surface area contributed by atoms with Crippen LogP contribution >= 0.6 is 0 Å². The molecule has 0 radical (unpaired) electrons.